The number of anilines is 3. The Morgan fingerprint density at radius 3 is 2.77 bits per heavy atom. The second-order valence-electron chi connectivity index (χ2n) is 6.63. The van der Waals surface area contributed by atoms with E-state index in [-0.39, 0.29) is 11.7 Å². The summed E-state index contributed by atoms with van der Waals surface area (Å²) in [5, 5.41) is 13.4. The molecule has 4 rings (SSSR count). The maximum atomic E-state index is 12.2. The molecule has 0 unspecified atom stereocenters. The first-order valence-corrected chi connectivity index (χ1v) is 8.75. The van der Waals surface area contributed by atoms with Gasteiger partial charge in [-0.15, -0.1) is 0 Å². The van der Waals surface area contributed by atoms with Crippen molar-refractivity contribution in [3.05, 3.63) is 52.7 Å². The van der Waals surface area contributed by atoms with Crippen molar-refractivity contribution in [3.63, 3.8) is 0 Å². The molecule has 1 aliphatic rings. The Balaban J connectivity index is 1.59. The number of aliphatic hydroxyl groups is 1. The second kappa shape index (κ2) is 6.76. The Kier molecular flexibility index (Phi) is 4.30. The van der Waals surface area contributed by atoms with Crippen LogP contribution in [-0.2, 0) is 0 Å². The fourth-order valence-electron chi connectivity index (χ4n) is 3.32. The van der Waals surface area contributed by atoms with Crippen molar-refractivity contribution in [2.24, 2.45) is 0 Å². The van der Waals surface area contributed by atoms with Crippen molar-refractivity contribution in [2.75, 3.05) is 23.3 Å². The van der Waals surface area contributed by atoms with Gasteiger partial charge in [0.2, 0.25) is 0 Å². The van der Waals surface area contributed by atoms with E-state index in [9.17, 15) is 9.90 Å². The molecule has 7 nitrogen and oxygen atoms in total. The molecule has 0 spiro atoms. The quantitative estimate of drug-likeness (QED) is 0.670. The van der Waals surface area contributed by atoms with Crippen LogP contribution in [0.4, 0.5) is 17.2 Å². The number of pyridine rings is 3. The highest BCUT2D eigenvalue weighted by molar-refractivity contribution is 5.93. The van der Waals surface area contributed by atoms with E-state index < -0.39 is 0 Å². The molecule has 0 aliphatic carbocycles. The Hall–Kier alpha value is -2.93. The van der Waals surface area contributed by atoms with Crippen LogP contribution in [0.5, 0.6) is 0 Å². The molecular weight excluding hydrogens is 330 g/mol. The Morgan fingerprint density at radius 2 is 2.04 bits per heavy atom. The molecule has 0 amide bonds. The summed E-state index contributed by atoms with van der Waals surface area (Å²) in [5.74, 6) is 0.666. The Morgan fingerprint density at radius 1 is 1.23 bits per heavy atom. The van der Waals surface area contributed by atoms with Crippen LogP contribution in [-0.4, -0.2) is 39.3 Å². The van der Waals surface area contributed by atoms with Crippen molar-refractivity contribution in [2.45, 2.75) is 25.9 Å². The van der Waals surface area contributed by atoms with Gasteiger partial charge in [-0.25, -0.2) is 4.98 Å². The molecule has 3 aromatic rings. The van der Waals surface area contributed by atoms with Crippen LogP contribution < -0.4 is 15.8 Å². The summed E-state index contributed by atoms with van der Waals surface area (Å²) in [6, 6.07) is 5.68. The summed E-state index contributed by atoms with van der Waals surface area (Å²) >= 11 is 0. The summed E-state index contributed by atoms with van der Waals surface area (Å²) in [6.45, 7) is 3.58. The number of rotatable bonds is 3. The molecule has 1 aliphatic heterocycles. The number of fused-ring (bicyclic) bond motifs is 1. The third kappa shape index (κ3) is 3.13. The average molecular weight is 351 g/mol. The van der Waals surface area contributed by atoms with Crippen molar-refractivity contribution < 1.29 is 5.11 Å². The van der Waals surface area contributed by atoms with Crippen molar-refractivity contribution in [1.82, 2.24) is 15.0 Å². The van der Waals surface area contributed by atoms with Gasteiger partial charge in [-0.3, -0.25) is 9.78 Å². The van der Waals surface area contributed by atoms with Crippen LogP contribution in [0.3, 0.4) is 0 Å². The van der Waals surface area contributed by atoms with Crippen LogP contribution >= 0.6 is 0 Å². The molecule has 1 saturated heterocycles. The van der Waals surface area contributed by atoms with Crippen LogP contribution in [0, 0.1) is 6.92 Å². The maximum Gasteiger partial charge on any atom is 0.259 e. The van der Waals surface area contributed by atoms with Crippen molar-refractivity contribution in [3.8, 4) is 0 Å². The summed E-state index contributed by atoms with van der Waals surface area (Å²) in [6.07, 6.45) is 6.55. The number of aromatic amines is 1. The largest absolute Gasteiger partial charge is 0.393 e. The minimum Gasteiger partial charge on any atom is -0.393 e. The first-order chi connectivity index (χ1) is 12.6. The topological polar surface area (TPSA) is 94.1 Å². The smallest absolute Gasteiger partial charge is 0.259 e. The molecule has 0 bridgehead atoms. The predicted molar refractivity (Wildman–Crippen MR) is 102 cm³/mol. The number of hydrogen-bond donors (Lipinski definition) is 3. The molecule has 0 atom stereocenters. The SMILES string of the molecule is Cc1c[nH]c(=O)c2c(Nc3ccc(N4CCC(O)CC4)cn3)ccnc12. The Bertz CT molecular complexity index is 975. The number of hydrogen-bond acceptors (Lipinski definition) is 6. The summed E-state index contributed by atoms with van der Waals surface area (Å²) in [4.78, 5) is 26.0. The van der Waals surface area contributed by atoms with Gasteiger partial charge in [0.1, 0.15) is 5.82 Å². The first-order valence-electron chi connectivity index (χ1n) is 8.75. The van der Waals surface area contributed by atoms with Gasteiger partial charge in [-0.2, -0.15) is 0 Å². The lowest BCUT2D eigenvalue weighted by molar-refractivity contribution is 0.145. The van der Waals surface area contributed by atoms with E-state index in [4.69, 9.17) is 0 Å². The van der Waals surface area contributed by atoms with Crippen molar-refractivity contribution >= 4 is 28.1 Å². The van der Waals surface area contributed by atoms with Gasteiger partial charge in [-0.05, 0) is 43.5 Å². The highest BCUT2D eigenvalue weighted by atomic mass is 16.3. The molecule has 134 valence electrons. The number of piperidine rings is 1. The molecule has 4 heterocycles. The molecule has 3 aromatic heterocycles. The summed E-state index contributed by atoms with van der Waals surface area (Å²) < 4.78 is 0. The van der Waals surface area contributed by atoms with Gasteiger partial charge in [0, 0.05) is 25.5 Å². The molecular formula is C19H21N5O2. The van der Waals surface area contributed by atoms with Crippen molar-refractivity contribution in [1.29, 1.82) is 0 Å². The lowest BCUT2D eigenvalue weighted by atomic mass is 10.1. The molecule has 26 heavy (non-hydrogen) atoms. The molecule has 0 radical (unpaired) electrons. The number of aromatic nitrogens is 3. The van der Waals surface area contributed by atoms with Crippen LogP contribution in [0.25, 0.3) is 10.9 Å². The third-order valence-electron chi connectivity index (χ3n) is 4.81. The van der Waals surface area contributed by atoms with Gasteiger partial charge >= 0.3 is 0 Å². The molecule has 0 saturated carbocycles. The van der Waals surface area contributed by atoms with Gasteiger partial charge in [-0.1, -0.05) is 0 Å². The van der Waals surface area contributed by atoms with Gasteiger partial charge < -0.3 is 20.3 Å². The average Bonchev–Trinajstić information content (AvgIpc) is 2.66. The van der Waals surface area contributed by atoms with Gasteiger partial charge in [0.15, 0.2) is 0 Å². The fraction of sp³-hybridized carbons (Fsp3) is 0.316. The van der Waals surface area contributed by atoms with Gasteiger partial charge in [0.25, 0.3) is 5.56 Å². The first kappa shape index (κ1) is 16.5. The van der Waals surface area contributed by atoms with E-state index in [1.807, 2.05) is 25.3 Å². The van der Waals surface area contributed by atoms with Crippen LogP contribution in [0.15, 0.2) is 41.6 Å². The lowest BCUT2D eigenvalue weighted by Gasteiger charge is -2.31. The normalized spacial score (nSPS) is 15.4. The maximum absolute atomic E-state index is 12.2. The highest BCUT2D eigenvalue weighted by Gasteiger charge is 2.17. The lowest BCUT2D eigenvalue weighted by Crippen LogP contribution is -2.35. The number of aliphatic hydroxyl groups excluding tert-OH is 1. The minimum absolute atomic E-state index is 0.176. The van der Waals surface area contributed by atoms with E-state index in [0.29, 0.717) is 22.4 Å². The van der Waals surface area contributed by atoms with E-state index in [0.717, 1.165) is 37.2 Å². The zero-order valence-electron chi connectivity index (χ0n) is 14.6. The molecule has 3 N–H and O–H groups in total. The third-order valence-corrected chi connectivity index (χ3v) is 4.81. The standard InChI is InChI=1S/C19H21N5O2/c1-12-10-22-19(26)17-15(4-7-20-18(12)17)23-16-3-2-13(11-21-16)24-8-5-14(25)6-9-24/h2-4,7,10-11,14,25H,5-6,8-9H2,1H3,(H,22,26)(H,20,21,23). The predicted octanol–water partition coefficient (Wildman–Crippen LogP) is 2.33. The zero-order chi connectivity index (χ0) is 18.1. The highest BCUT2D eigenvalue weighted by Crippen LogP contribution is 2.25. The molecule has 1 fully saturated rings. The van der Waals surface area contributed by atoms with E-state index in [1.165, 1.54) is 0 Å². The number of aryl methyl sites for hydroxylation is 1. The molecule has 0 aromatic carbocycles. The number of H-pyrrole nitrogens is 1. The summed E-state index contributed by atoms with van der Waals surface area (Å²) in [5.41, 5.74) is 3.14. The van der Waals surface area contributed by atoms with Crippen LogP contribution in [0.1, 0.15) is 18.4 Å². The number of nitrogens with zero attached hydrogens (tertiary/aromatic N) is 3. The van der Waals surface area contributed by atoms with E-state index in [1.54, 1.807) is 18.5 Å². The van der Waals surface area contributed by atoms with E-state index in [2.05, 4.69) is 25.2 Å². The molecule has 7 heteroatoms. The minimum atomic E-state index is -0.193. The monoisotopic (exact) mass is 351 g/mol. The second-order valence-corrected chi connectivity index (χ2v) is 6.63. The van der Waals surface area contributed by atoms with Crippen LogP contribution in [0.2, 0.25) is 0 Å². The fourth-order valence-corrected chi connectivity index (χ4v) is 3.32. The Labute approximate surface area is 150 Å². The summed E-state index contributed by atoms with van der Waals surface area (Å²) in [7, 11) is 0. The number of nitrogens with one attached hydrogen (secondary N) is 2. The van der Waals surface area contributed by atoms with E-state index >= 15 is 0 Å². The van der Waals surface area contributed by atoms with Gasteiger partial charge in [0.05, 0.1) is 34.6 Å². The zero-order valence-corrected chi connectivity index (χ0v) is 14.6.